The Kier molecular flexibility index (Phi) is 4.27. The third kappa shape index (κ3) is 3.17. The number of hydrogen-bond donors (Lipinski definition) is 2. The number of ether oxygens (including phenoxy) is 1. The van der Waals surface area contributed by atoms with Crippen LogP contribution >= 0.6 is 0 Å². The van der Waals surface area contributed by atoms with Crippen molar-refractivity contribution in [1.82, 2.24) is 0 Å². The summed E-state index contributed by atoms with van der Waals surface area (Å²) in [5, 5.41) is 0. The molecule has 1 amide bonds. The van der Waals surface area contributed by atoms with E-state index in [1.165, 1.54) is 0 Å². The maximum absolute atomic E-state index is 11.5. The van der Waals surface area contributed by atoms with Crippen LogP contribution in [0.4, 0.5) is 11.4 Å². The lowest BCUT2D eigenvalue weighted by atomic mass is 9.96. The fourth-order valence-electron chi connectivity index (χ4n) is 2.59. The number of carbonyl (C=O) groups is 1. The Bertz CT molecular complexity index is 454. The number of carbonyl (C=O) groups excluding carboxylic acids is 1. The van der Waals surface area contributed by atoms with Crippen LogP contribution in [-0.2, 0) is 4.74 Å². The molecule has 0 atom stereocenters. The summed E-state index contributed by atoms with van der Waals surface area (Å²) in [6, 6.07) is 5.24. The van der Waals surface area contributed by atoms with E-state index in [0.29, 0.717) is 17.2 Å². The van der Waals surface area contributed by atoms with Crippen molar-refractivity contribution in [3.05, 3.63) is 23.8 Å². The van der Waals surface area contributed by atoms with Crippen LogP contribution in [0.15, 0.2) is 18.2 Å². The molecule has 1 heterocycles. The molecule has 1 aliphatic heterocycles. The summed E-state index contributed by atoms with van der Waals surface area (Å²) in [6.07, 6.45) is 2.11. The first-order valence-corrected chi connectivity index (χ1v) is 6.55. The zero-order valence-electron chi connectivity index (χ0n) is 11.3. The molecule has 1 aliphatic rings. The third-order valence-corrected chi connectivity index (χ3v) is 3.64. The lowest BCUT2D eigenvalue weighted by Gasteiger charge is -2.34. The minimum atomic E-state index is -0.408. The van der Waals surface area contributed by atoms with E-state index in [2.05, 4.69) is 4.90 Å². The first-order chi connectivity index (χ1) is 9.11. The minimum absolute atomic E-state index is 0.408. The smallest absolute Gasteiger partial charge is 0.250 e. The molecule has 0 aromatic heterocycles. The quantitative estimate of drug-likeness (QED) is 0.801. The largest absolute Gasteiger partial charge is 0.399 e. The van der Waals surface area contributed by atoms with E-state index >= 15 is 0 Å². The molecule has 0 radical (unpaired) electrons. The summed E-state index contributed by atoms with van der Waals surface area (Å²) in [7, 11) is 1.73. The molecular weight excluding hydrogens is 242 g/mol. The van der Waals surface area contributed by atoms with Gasteiger partial charge in [0.25, 0.3) is 5.91 Å². The predicted octanol–water partition coefficient (Wildman–Crippen LogP) is 1.23. The molecule has 19 heavy (non-hydrogen) atoms. The van der Waals surface area contributed by atoms with Crippen molar-refractivity contribution >= 4 is 17.3 Å². The highest BCUT2D eigenvalue weighted by Gasteiger charge is 2.22. The number of anilines is 2. The Morgan fingerprint density at radius 1 is 1.42 bits per heavy atom. The van der Waals surface area contributed by atoms with Crippen molar-refractivity contribution in [2.45, 2.75) is 12.8 Å². The van der Waals surface area contributed by atoms with E-state index in [0.717, 1.165) is 38.2 Å². The standard InChI is InChI=1S/C14H21N3O2/c1-19-9-10-4-6-17(7-5-10)13-8-11(15)2-3-12(13)14(16)18/h2-3,8,10H,4-7,9,15H2,1H3,(H2,16,18). The summed E-state index contributed by atoms with van der Waals surface area (Å²) in [5.74, 6) is 0.188. The van der Waals surface area contributed by atoms with Gasteiger partial charge < -0.3 is 21.1 Å². The molecule has 0 spiro atoms. The lowest BCUT2D eigenvalue weighted by molar-refractivity contribution is 0.100. The second-order valence-corrected chi connectivity index (χ2v) is 5.03. The third-order valence-electron chi connectivity index (χ3n) is 3.64. The fraction of sp³-hybridized carbons (Fsp3) is 0.500. The molecule has 0 bridgehead atoms. The van der Waals surface area contributed by atoms with Gasteiger partial charge in [-0.05, 0) is 37.0 Å². The molecule has 1 fully saturated rings. The van der Waals surface area contributed by atoms with Gasteiger partial charge in [-0.25, -0.2) is 0 Å². The molecule has 1 saturated heterocycles. The van der Waals surface area contributed by atoms with Gasteiger partial charge in [-0.2, -0.15) is 0 Å². The Labute approximate surface area is 113 Å². The Balaban J connectivity index is 2.14. The first-order valence-electron chi connectivity index (χ1n) is 6.55. The number of hydrogen-bond acceptors (Lipinski definition) is 4. The highest BCUT2D eigenvalue weighted by molar-refractivity contribution is 5.99. The van der Waals surface area contributed by atoms with E-state index in [4.69, 9.17) is 16.2 Å². The van der Waals surface area contributed by atoms with E-state index in [9.17, 15) is 4.79 Å². The topological polar surface area (TPSA) is 81.6 Å². The number of nitrogen functional groups attached to an aromatic ring is 1. The van der Waals surface area contributed by atoms with E-state index in [1.54, 1.807) is 19.2 Å². The molecule has 0 aliphatic carbocycles. The maximum Gasteiger partial charge on any atom is 0.250 e. The molecular formula is C14H21N3O2. The molecule has 5 heteroatoms. The first kappa shape index (κ1) is 13.7. The van der Waals surface area contributed by atoms with Gasteiger partial charge in [0.1, 0.15) is 0 Å². The Morgan fingerprint density at radius 2 is 2.11 bits per heavy atom. The van der Waals surface area contributed by atoms with E-state index < -0.39 is 5.91 Å². The van der Waals surface area contributed by atoms with Crippen molar-refractivity contribution in [3.8, 4) is 0 Å². The number of rotatable bonds is 4. The summed E-state index contributed by atoms with van der Waals surface area (Å²) in [4.78, 5) is 13.7. The molecule has 2 rings (SSSR count). The Hall–Kier alpha value is -1.75. The molecule has 0 saturated carbocycles. The number of nitrogens with zero attached hydrogens (tertiary/aromatic N) is 1. The average molecular weight is 263 g/mol. The van der Waals surface area contributed by atoms with Crippen molar-refractivity contribution in [3.63, 3.8) is 0 Å². The molecule has 1 aromatic rings. The van der Waals surface area contributed by atoms with Crippen molar-refractivity contribution < 1.29 is 9.53 Å². The molecule has 5 nitrogen and oxygen atoms in total. The van der Waals surface area contributed by atoms with Gasteiger partial charge in [0.15, 0.2) is 0 Å². The second-order valence-electron chi connectivity index (χ2n) is 5.03. The van der Waals surface area contributed by atoms with Crippen LogP contribution in [-0.4, -0.2) is 32.7 Å². The molecule has 1 aromatic carbocycles. The number of methoxy groups -OCH3 is 1. The molecule has 0 unspecified atom stereocenters. The molecule has 4 N–H and O–H groups in total. The van der Waals surface area contributed by atoms with Crippen LogP contribution in [0.2, 0.25) is 0 Å². The molecule has 104 valence electrons. The van der Waals surface area contributed by atoms with E-state index in [1.807, 2.05) is 6.07 Å². The van der Waals surface area contributed by atoms with Gasteiger partial charge >= 0.3 is 0 Å². The van der Waals surface area contributed by atoms with Gasteiger partial charge in [0.05, 0.1) is 11.3 Å². The van der Waals surface area contributed by atoms with Crippen LogP contribution in [0.1, 0.15) is 23.2 Å². The lowest BCUT2D eigenvalue weighted by Crippen LogP contribution is -2.36. The predicted molar refractivity (Wildman–Crippen MR) is 76.2 cm³/mol. The monoisotopic (exact) mass is 263 g/mol. The van der Waals surface area contributed by atoms with Crippen molar-refractivity contribution in [1.29, 1.82) is 0 Å². The highest BCUT2D eigenvalue weighted by Crippen LogP contribution is 2.28. The van der Waals surface area contributed by atoms with Gasteiger partial charge in [-0.3, -0.25) is 4.79 Å². The fourth-order valence-corrected chi connectivity index (χ4v) is 2.59. The summed E-state index contributed by atoms with van der Waals surface area (Å²) < 4.78 is 5.19. The second kappa shape index (κ2) is 5.93. The number of nitrogens with two attached hydrogens (primary N) is 2. The Morgan fingerprint density at radius 3 is 2.68 bits per heavy atom. The average Bonchev–Trinajstić information content (AvgIpc) is 2.39. The normalized spacial score (nSPS) is 16.6. The van der Waals surface area contributed by atoms with Crippen LogP contribution in [0.25, 0.3) is 0 Å². The zero-order valence-corrected chi connectivity index (χ0v) is 11.3. The van der Waals surface area contributed by atoms with Crippen molar-refractivity contribution in [2.24, 2.45) is 11.7 Å². The summed E-state index contributed by atoms with van der Waals surface area (Å²) in [6.45, 7) is 2.60. The van der Waals surface area contributed by atoms with Crippen LogP contribution < -0.4 is 16.4 Å². The number of benzene rings is 1. The highest BCUT2D eigenvalue weighted by atomic mass is 16.5. The number of piperidine rings is 1. The van der Waals surface area contributed by atoms with Crippen LogP contribution in [0, 0.1) is 5.92 Å². The summed E-state index contributed by atoms with van der Waals surface area (Å²) >= 11 is 0. The minimum Gasteiger partial charge on any atom is -0.399 e. The van der Waals surface area contributed by atoms with Gasteiger partial charge in [0, 0.05) is 32.5 Å². The number of amides is 1. The van der Waals surface area contributed by atoms with Crippen molar-refractivity contribution in [2.75, 3.05) is 37.4 Å². The van der Waals surface area contributed by atoms with Crippen LogP contribution in [0.3, 0.4) is 0 Å². The zero-order chi connectivity index (χ0) is 13.8. The summed E-state index contributed by atoms with van der Waals surface area (Å²) in [5.41, 5.74) is 13.3. The SMILES string of the molecule is COCC1CCN(c2cc(N)ccc2C(N)=O)CC1. The van der Waals surface area contributed by atoms with Gasteiger partial charge in [-0.15, -0.1) is 0 Å². The van der Waals surface area contributed by atoms with Gasteiger partial charge in [-0.1, -0.05) is 0 Å². The van der Waals surface area contributed by atoms with Crippen LogP contribution in [0.5, 0.6) is 0 Å². The van der Waals surface area contributed by atoms with E-state index in [-0.39, 0.29) is 0 Å². The van der Waals surface area contributed by atoms with Gasteiger partial charge in [0.2, 0.25) is 0 Å². The maximum atomic E-state index is 11.5. The number of primary amides is 1.